The van der Waals surface area contributed by atoms with Crippen LogP contribution in [0.25, 0.3) is 0 Å². The Balaban J connectivity index is 2.54. The van der Waals surface area contributed by atoms with Crippen LogP contribution in [0, 0.1) is 0 Å². The lowest BCUT2D eigenvalue weighted by atomic mass is 10.0. The molecule has 0 aromatic carbocycles. The molecule has 1 rings (SSSR count). The Hall–Kier alpha value is -0.0400. The van der Waals surface area contributed by atoms with E-state index in [2.05, 4.69) is 20.9 Å². The molecule has 10 heavy (non-hydrogen) atoms. The normalized spacial score (nSPS) is 41.7. The lowest BCUT2D eigenvalue weighted by Crippen LogP contribution is -2.53. The van der Waals surface area contributed by atoms with Crippen molar-refractivity contribution in [2.24, 2.45) is 0 Å². The van der Waals surface area contributed by atoms with Gasteiger partial charge in [-0.15, -0.1) is 0 Å². The van der Waals surface area contributed by atoms with E-state index in [0.717, 1.165) is 6.04 Å². The van der Waals surface area contributed by atoms with Crippen LogP contribution in [-0.4, -0.2) is 30.7 Å². The number of piperidine rings is 1. The van der Waals surface area contributed by atoms with Crippen LogP contribution in [0.2, 0.25) is 0 Å². The highest BCUT2D eigenvalue weighted by Gasteiger charge is 2.29. The minimum absolute atomic E-state index is 0.902. The van der Waals surface area contributed by atoms with Crippen molar-refractivity contribution < 1.29 is 4.48 Å². The fourth-order valence-corrected chi connectivity index (χ4v) is 1.91. The average molecular weight is 142 g/mol. The molecule has 1 aliphatic rings. The van der Waals surface area contributed by atoms with Crippen molar-refractivity contribution in [3.8, 4) is 0 Å². The largest absolute Gasteiger partial charge is 0.324 e. The summed E-state index contributed by atoms with van der Waals surface area (Å²) in [5.74, 6) is 0. The Morgan fingerprint density at radius 1 is 1.40 bits per heavy atom. The summed E-state index contributed by atoms with van der Waals surface area (Å²) < 4.78 is 1.31. The van der Waals surface area contributed by atoms with Gasteiger partial charge < -0.3 is 4.48 Å². The summed E-state index contributed by atoms with van der Waals surface area (Å²) in [6.45, 7) is 7.41. The fourth-order valence-electron chi connectivity index (χ4n) is 1.91. The maximum absolute atomic E-state index is 2.39. The predicted octanol–water partition coefficient (Wildman–Crippen LogP) is 2.03. The van der Waals surface area contributed by atoms with Crippen molar-refractivity contribution in [3.05, 3.63) is 0 Å². The van der Waals surface area contributed by atoms with Crippen LogP contribution in [0.4, 0.5) is 0 Å². The van der Waals surface area contributed by atoms with Gasteiger partial charge in [0.1, 0.15) is 0 Å². The van der Waals surface area contributed by atoms with E-state index >= 15 is 0 Å². The molecule has 60 valence electrons. The summed E-state index contributed by atoms with van der Waals surface area (Å²) in [5.41, 5.74) is 0. The first-order chi connectivity index (χ1) is 4.69. The molecule has 1 heteroatoms. The molecule has 0 unspecified atom stereocenters. The second-order valence-electron chi connectivity index (χ2n) is 3.86. The third kappa shape index (κ3) is 1.34. The van der Waals surface area contributed by atoms with Crippen LogP contribution in [0.15, 0.2) is 0 Å². The Labute approximate surface area is 64.6 Å². The van der Waals surface area contributed by atoms with E-state index in [4.69, 9.17) is 0 Å². The van der Waals surface area contributed by atoms with E-state index in [-0.39, 0.29) is 0 Å². The quantitative estimate of drug-likeness (QED) is 0.491. The van der Waals surface area contributed by atoms with E-state index in [1.54, 1.807) is 0 Å². The van der Waals surface area contributed by atoms with Crippen LogP contribution in [0.1, 0.15) is 33.1 Å². The molecule has 0 N–H and O–H groups in total. The van der Waals surface area contributed by atoms with Gasteiger partial charge in [-0.05, 0) is 33.1 Å². The van der Waals surface area contributed by atoms with Crippen molar-refractivity contribution in [1.82, 2.24) is 0 Å². The van der Waals surface area contributed by atoms with Gasteiger partial charge in [0.25, 0.3) is 0 Å². The first-order valence-corrected chi connectivity index (χ1v) is 4.53. The number of hydrogen-bond acceptors (Lipinski definition) is 0. The smallest absolute Gasteiger partial charge is 0.0859 e. The molecule has 0 aromatic rings. The maximum Gasteiger partial charge on any atom is 0.0859 e. The van der Waals surface area contributed by atoms with Crippen LogP contribution >= 0.6 is 0 Å². The summed E-state index contributed by atoms with van der Waals surface area (Å²) in [7, 11) is 2.39. The minimum Gasteiger partial charge on any atom is -0.324 e. The van der Waals surface area contributed by atoms with E-state index in [1.165, 1.54) is 36.8 Å². The third-order valence-electron chi connectivity index (χ3n) is 3.33. The molecular formula is C9H20N+. The summed E-state index contributed by atoms with van der Waals surface area (Å²) >= 11 is 0. The second-order valence-corrected chi connectivity index (χ2v) is 3.86. The SMILES string of the molecule is CC[N@@+]1(C)CCCC[C@@H]1C. The van der Waals surface area contributed by atoms with Gasteiger partial charge in [-0.25, -0.2) is 0 Å². The molecule has 1 aliphatic heterocycles. The Kier molecular flexibility index (Phi) is 2.35. The van der Waals surface area contributed by atoms with Gasteiger partial charge in [-0.1, -0.05) is 0 Å². The molecule has 2 atom stereocenters. The molecule has 1 heterocycles. The van der Waals surface area contributed by atoms with Gasteiger partial charge in [-0.2, -0.15) is 0 Å². The minimum atomic E-state index is 0.902. The number of quaternary nitrogens is 1. The lowest BCUT2D eigenvalue weighted by Gasteiger charge is -2.42. The van der Waals surface area contributed by atoms with Crippen molar-refractivity contribution in [2.75, 3.05) is 20.1 Å². The highest BCUT2D eigenvalue weighted by Crippen LogP contribution is 2.22. The molecule has 1 fully saturated rings. The molecule has 0 saturated carbocycles. The summed E-state index contributed by atoms with van der Waals surface area (Å²) in [6.07, 6.45) is 4.33. The standard InChI is InChI=1S/C9H20N/c1-4-10(3)8-6-5-7-9(10)2/h9H,4-8H2,1-3H3/q+1/t9-,10-/m0/s1. The Morgan fingerprint density at radius 3 is 2.50 bits per heavy atom. The van der Waals surface area contributed by atoms with Crippen molar-refractivity contribution in [2.45, 2.75) is 39.2 Å². The zero-order valence-electron chi connectivity index (χ0n) is 7.56. The van der Waals surface area contributed by atoms with E-state index in [0.29, 0.717) is 0 Å². The van der Waals surface area contributed by atoms with Gasteiger partial charge in [0, 0.05) is 0 Å². The highest BCUT2D eigenvalue weighted by molar-refractivity contribution is 4.59. The van der Waals surface area contributed by atoms with Gasteiger partial charge in [0.2, 0.25) is 0 Å². The van der Waals surface area contributed by atoms with Gasteiger partial charge in [-0.3, -0.25) is 0 Å². The molecule has 0 bridgehead atoms. The third-order valence-corrected chi connectivity index (χ3v) is 3.33. The molecule has 0 amide bonds. The average Bonchev–Trinajstić information content (AvgIpc) is 1.96. The maximum atomic E-state index is 2.39. The van der Waals surface area contributed by atoms with Crippen LogP contribution in [-0.2, 0) is 0 Å². The van der Waals surface area contributed by atoms with Crippen LogP contribution in [0.5, 0.6) is 0 Å². The van der Waals surface area contributed by atoms with Crippen LogP contribution < -0.4 is 0 Å². The van der Waals surface area contributed by atoms with Gasteiger partial charge in [0.05, 0.1) is 26.2 Å². The van der Waals surface area contributed by atoms with E-state index < -0.39 is 0 Å². The predicted molar refractivity (Wildman–Crippen MR) is 44.9 cm³/mol. The molecule has 0 spiro atoms. The number of rotatable bonds is 1. The van der Waals surface area contributed by atoms with Crippen molar-refractivity contribution in [1.29, 1.82) is 0 Å². The Morgan fingerprint density at radius 2 is 2.10 bits per heavy atom. The highest BCUT2D eigenvalue weighted by atomic mass is 15.3. The molecule has 0 radical (unpaired) electrons. The molecule has 1 nitrogen and oxygen atoms in total. The monoisotopic (exact) mass is 142 g/mol. The number of nitrogens with zero attached hydrogens (tertiary/aromatic N) is 1. The zero-order valence-corrected chi connectivity index (χ0v) is 7.56. The van der Waals surface area contributed by atoms with Crippen molar-refractivity contribution >= 4 is 0 Å². The Bertz CT molecular complexity index is 111. The summed E-state index contributed by atoms with van der Waals surface area (Å²) in [4.78, 5) is 0. The topological polar surface area (TPSA) is 0 Å². The molecule has 0 aromatic heterocycles. The lowest BCUT2D eigenvalue weighted by molar-refractivity contribution is -0.934. The van der Waals surface area contributed by atoms with Crippen molar-refractivity contribution in [3.63, 3.8) is 0 Å². The van der Waals surface area contributed by atoms with E-state index in [9.17, 15) is 0 Å². The zero-order chi connectivity index (χ0) is 7.61. The fraction of sp³-hybridized carbons (Fsp3) is 1.00. The first-order valence-electron chi connectivity index (χ1n) is 4.53. The first kappa shape index (κ1) is 8.06. The molecular weight excluding hydrogens is 122 g/mol. The summed E-state index contributed by atoms with van der Waals surface area (Å²) in [6, 6.07) is 0.902. The second kappa shape index (κ2) is 2.91. The van der Waals surface area contributed by atoms with Crippen LogP contribution in [0.3, 0.4) is 0 Å². The van der Waals surface area contributed by atoms with Gasteiger partial charge >= 0.3 is 0 Å². The van der Waals surface area contributed by atoms with E-state index in [1.807, 2.05) is 0 Å². The number of likely N-dealkylation sites (tertiary alicyclic amines) is 1. The molecule has 1 saturated heterocycles. The summed E-state index contributed by atoms with van der Waals surface area (Å²) in [5, 5.41) is 0. The number of hydrogen-bond donors (Lipinski definition) is 0. The van der Waals surface area contributed by atoms with Gasteiger partial charge in [0.15, 0.2) is 0 Å². The molecule has 0 aliphatic carbocycles.